The van der Waals surface area contributed by atoms with Crippen LogP contribution in [0.1, 0.15) is 44.5 Å². The van der Waals surface area contributed by atoms with Gasteiger partial charge in [-0.1, -0.05) is 79.4 Å². The Bertz CT molecular complexity index is 1340. The molecule has 0 aliphatic carbocycles. The fraction of sp³-hybridized carbons (Fsp3) is 0.235. The molecule has 0 unspecified atom stereocenters. The van der Waals surface area contributed by atoms with Crippen LogP contribution in [-0.2, 0) is 25.3 Å². The molecule has 0 spiro atoms. The minimum Gasteiger partial charge on any atom is -0.411 e. The second-order valence-corrected chi connectivity index (χ2v) is 12.4. The monoisotopic (exact) mass is 624 g/mol. The van der Waals surface area contributed by atoms with Crippen LogP contribution in [0.3, 0.4) is 0 Å². The zero-order chi connectivity index (χ0) is 29.7. The molecule has 0 radical (unpaired) electrons. The molecule has 2 nitrogen and oxygen atoms in total. The van der Waals surface area contributed by atoms with Gasteiger partial charge in [0.15, 0.2) is 0 Å². The van der Waals surface area contributed by atoms with E-state index in [0.717, 1.165) is 22.7 Å². The number of thiocarbonyl (C=S) groups is 2. The minimum atomic E-state index is 0. The predicted molar refractivity (Wildman–Crippen MR) is 194 cm³/mol. The quantitative estimate of drug-likeness (QED) is 0.126. The standard InChI is InChI=1S/2C17H19NS2.Mg/c2*1-11-5-7-15(13(3)9-11)18(17(19)20)16-8-6-12(2)10-14(16)4;/h2*5-10H,1-4H3,(H,19,20);/q;;+2/p-2. The summed E-state index contributed by atoms with van der Waals surface area (Å²) in [5.74, 6) is 0. The predicted octanol–water partition coefficient (Wildman–Crippen LogP) is 9.40. The number of anilines is 4. The first-order chi connectivity index (χ1) is 18.8. The average molecular weight is 625 g/mol. The van der Waals surface area contributed by atoms with Gasteiger partial charge in [0.25, 0.3) is 0 Å². The first-order valence-corrected chi connectivity index (χ1v) is 14.7. The SMILES string of the molecule is Cc1ccc(N(C(=S)[S-])c2ccc(C)cc2C)c(C)c1.Cc1ccc(N(C(=S)[S-])c2ccc(C)cc2C)c(C)c1.[Mg+2]. The fourth-order valence-corrected chi connectivity index (χ4v) is 5.66. The zero-order valence-electron chi connectivity index (χ0n) is 25.2. The van der Waals surface area contributed by atoms with Gasteiger partial charge in [-0.3, -0.25) is 0 Å². The smallest absolute Gasteiger partial charge is 0.411 e. The molecule has 0 atom stereocenters. The summed E-state index contributed by atoms with van der Waals surface area (Å²) >= 11 is 21.2. The average Bonchev–Trinajstić information content (AvgIpc) is 2.84. The van der Waals surface area contributed by atoms with Gasteiger partial charge in [-0.05, 0) is 102 Å². The maximum Gasteiger partial charge on any atom is 2.00 e. The van der Waals surface area contributed by atoms with Gasteiger partial charge in [0.2, 0.25) is 0 Å². The summed E-state index contributed by atoms with van der Waals surface area (Å²) in [5.41, 5.74) is 13.9. The third kappa shape index (κ3) is 8.93. The number of rotatable bonds is 4. The van der Waals surface area contributed by atoms with Crippen LogP contribution in [-0.4, -0.2) is 31.7 Å². The van der Waals surface area contributed by atoms with Crippen molar-refractivity contribution >= 4 is 104 Å². The molecule has 0 heterocycles. The van der Waals surface area contributed by atoms with Gasteiger partial charge >= 0.3 is 23.1 Å². The molecule has 0 aliphatic rings. The van der Waals surface area contributed by atoms with Crippen LogP contribution in [0.15, 0.2) is 72.8 Å². The van der Waals surface area contributed by atoms with Crippen LogP contribution in [0.4, 0.5) is 22.7 Å². The number of aryl methyl sites for hydroxylation is 8. The van der Waals surface area contributed by atoms with Crippen molar-refractivity contribution in [2.24, 2.45) is 0 Å². The summed E-state index contributed by atoms with van der Waals surface area (Å²) in [4.78, 5) is 3.96. The second kappa shape index (κ2) is 15.4. The van der Waals surface area contributed by atoms with Crippen molar-refractivity contribution in [3.8, 4) is 0 Å². The molecule has 0 aromatic heterocycles. The molecule has 208 valence electrons. The normalized spacial score (nSPS) is 10.1. The molecular weight excluding hydrogens is 589 g/mol. The molecule has 0 N–H and O–H groups in total. The first kappa shape index (κ1) is 35.1. The summed E-state index contributed by atoms with van der Waals surface area (Å²) in [6.07, 6.45) is 0. The fourth-order valence-electron chi connectivity index (χ4n) is 4.88. The van der Waals surface area contributed by atoms with E-state index in [1.807, 2.05) is 9.80 Å². The molecular formula is C34H36MgN2S4. The number of nitrogens with zero attached hydrogens (tertiary/aromatic N) is 2. The van der Waals surface area contributed by atoms with Crippen LogP contribution >= 0.6 is 24.4 Å². The van der Waals surface area contributed by atoms with E-state index in [1.165, 1.54) is 44.5 Å². The van der Waals surface area contributed by atoms with Crippen molar-refractivity contribution in [3.63, 3.8) is 0 Å². The molecule has 7 heteroatoms. The summed E-state index contributed by atoms with van der Waals surface area (Å²) in [5, 5.41) is 0. The maximum atomic E-state index is 5.31. The van der Waals surface area contributed by atoms with Gasteiger partial charge in [-0.25, -0.2) is 0 Å². The molecule has 41 heavy (non-hydrogen) atoms. The van der Waals surface area contributed by atoms with E-state index >= 15 is 0 Å². The van der Waals surface area contributed by atoms with E-state index in [1.54, 1.807) is 0 Å². The van der Waals surface area contributed by atoms with E-state index in [9.17, 15) is 0 Å². The molecule has 0 aliphatic heterocycles. The van der Waals surface area contributed by atoms with Crippen LogP contribution in [0.2, 0.25) is 0 Å². The number of hydrogen-bond donors (Lipinski definition) is 0. The van der Waals surface area contributed by atoms with Gasteiger partial charge in [-0.15, -0.1) is 0 Å². The Hall–Kier alpha value is -2.13. The Kier molecular flexibility index (Phi) is 13.1. The van der Waals surface area contributed by atoms with Crippen molar-refractivity contribution in [2.45, 2.75) is 55.4 Å². The van der Waals surface area contributed by atoms with Gasteiger partial charge in [-0.2, -0.15) is 0 Å². The largest absolute Gasteiger partial charge is 2.00 e. The molecule has 0 bridgehead atoms. The van der Waals surface area contributed by atoms with Crippen molar-refractivity contribution < 1.29 is 0 Å². The maximum absolute atomic E-state index is 5.31. The van der Waals surface area contributed by atoms with Gasteiger partial charge in [0.1, 0.15) is 0 Å². The summed E-state index contributed by atoms with van der Waals surface area (Å²) in [6, 6.07) is 25.3. The molecule has 0 fully saturated rings. The minimum absolute atomic E-state index is 0. The van der Waals surface area contributed by atoms with Crippen LogP contribution in [0.25, 0.3) is 0 Å². The Morgan fingerprint density at radius 2 is 0.634 bits per heavy atom. The van der Waals surface area contributed by atoms with E-state index in [-0.39, 0.29) is 23.1 Å². The Balaban J connectivity index is 0.000000280. The molecule has 0 saturated heterocycles. The summed E-state index contributed by atoms with van der Waals surface area (Å²) < 4.78 is 0.896. The third-order valence-electron chi connectivity index (χ3n) is 6.74. The van der Waals surface area contributed by atoms with E-state index in [2.05, 4.69) is 128 Å². The van der Waals surface area contributed by atoms with E-state index in [0.29, 0.717) is 8.64 Å². The van der Waals surface area contributed by atoms with Crippen molar-refractivity contribution in [3.05, 3.63) is 117 Å². The number of benzene rings is 4. The van der Waals surface area contributed by atoms with E-state index in [4.69, 9.17) is 49.7 Å². The van der Waals surface area contributed by atoms with Gasteiger partial charge in [0, 0.05) is 22.7 Å². The Morgan fingerprint density at radius 1 is 0.439 bits per heavy atom. The van der Waals surface area contributed by atoms with Crippen molar-refractivity contribution in [1.29, 1.82) is 0 Å². The molecule has 4 rings (SSSR count). The van der Waals surface area contributed by atoms with Crippen molar-refractivity contribution in [1.82, 2.24) is 0 Å². The molecule has 0 saturated carbocycles. The Morgan fingerprint density at radius 3 is 0.780 bits per heavy atom. The van der Waals surface area contributed by atoms with Gasteiger partial charge in [0.05, 0.1) is 0 Å². The first-order valence-electron chi connectivity index (χ1n) is 13.1. The Labute approximate surface area is 284 Å². The molecule has 0 amide bonds. The van der Waals surface area contributed by atoms with Crippen LogP contribution in [0.5, 0.6) is 0 Å². The van der Waals surface area contributed by atoms with E-state index < -0.39 is 0 Å². The number of hydrogen-bond acceptors (Lipinski definition) is 4. The second-order valence-electron chi connectivity index (χ2n) is 10.4. The summed E-state index contributed by atoms with van der Waals surface area (Å²) in [7, 11) is 0. The molecule has 4 aromatic rings. The van der Waals surface area contributed by atoms with Gasteiger partial charge < -0.3 is 59.5 Å². The summed E-state index contributed by atoms with van der Waals surface area (Å²) in [6.45, 7) is 16.7. The van der Waals surface area contributed by atoms with Crippen LogP contribution < -0.4 is 9.80 Å². The topological polar surface area (TPSA) is 6.48 Å². The molecule has 4 aromatic carbocycles. The third-order valence-corrected chi connectivity index (χ3v) is 7.47. The van der Waals surface area contributed by atoms with Crippen LogP contribution in [0, 0.1) is 55.4 Å². The zero-order valence-corrected chi connectivity index (χ0v) is 29.8. The van der Waals surface area contributed by atoms with Crippen molar-refractivity contribution in [2.75, 3.05) is 9.80 Å².